The van der Waals surface area contributed by atoms with E-state index >= 15 is 0 Å². The molecule has 15 heavy (non-hydrogen) atoms. The van der Waals surface area contributed by atoms with Crippen molar-refractivity contribution in [3.8, 4) is 5.69 Å². The van der Waals surface area contributed by atoms with E-state index in [0.29, 0.717) is 5.69 Å². The Morgan fingerprint density at radius 3 is 2.53 bits per heavy atom. The predicted octanol–water partition coefficient (Wildman–Crippen LogP) is 1.12. The van der Waals surface area contributed by atoms with Crippen LogP contribution in [0.2, 0.25) is 0 Å². The van der Waals surface area contributed by atoms with Crippen LogP contribution >= 0.6 is 0 Å². The van der Waals surface area contributed by atoms with E-state index in [2.05, 4.69) is 5.10 Å². The first-order chi connectivity index (χ1) is 7.16. The Balaban J connectivity index is 2.55. The molecule has 0 amide bonds. The summed E-state index contributed by atoms with van der Waals surface area (Å²) in [4.78, 5) is 11.5. The van der Waals surface area contributed by atoms with E-state index in [9.17, 15) is 4.79 Å². The van der Waals surface area contributed by atoms with Crippen LogP contribution in [0.1, 0.15) is 5.56 Å². The lowest BCUT2D eigenvalue weighted by Gasteiger charge is -2.04. The van der Waals surface area contributed by atoms with E-state index < -0.39 is 0 Å². The van der Waals surface area contributed by atoms with Gasteiger partial charge in [0.05, 0.1) is 17.6 Å². The van der Waals surface area contributed by atoms with Gasteiger partial charge in [-0.1, -0.05) is 17.7 Å². The van der Waals surface area contributed by atoms with Crippen LogP contribution in [0, 0.1) is 6.92 Å². The molecule has 0 fully saturated rings. The molecule has 2 rings (SSSR count). The van der Waals surface area contributed by atoms with Gasteiger partial charge < -0.3 is 5.73 Å². The lowest BCUT2D eigenvalue weighted by Crippen LogP contribution is -2.20. The molecule has 0 bridgehead atoms. The van der Waals surface area contributed by atoms with Crippen LogP contribution in [0.25, 0.3) is 5.69 Å². The number of rotatable bonds is 1. The number of benzene rings is 1. The maximum atomic E-state index is 11.5. The van der Waals surface area contributed by atoms with Gasteiger partial charge in [-0.2, -0.15) is 9.78 Å². The Kier molecular flexibility index (Phi) is 2.25. The fourth-order valence-corrected chi connectivity index (χ4v) is 1.30. The first kappa shape index (κ1) is 9.45. The summed E-state index contributed by atoms with van der Waals surface area (Å²) in [5.41, 5.74) is 7.49. The van der Waals surface area contributed by atoms with Gasteiger partial charge in [0.1, 0.15) is 0 Å². The Bertz CT molecular complexity index is 528. The molecule has 0 saturated heterocycles. The lowest BCUT2D eigenvalue weighted by molar-refractivity contribution is 0.809. The second-order valence-corrected chi connectivity index (χ2v) is 3.37. The van der Waals surface area contributed by atoms with E-state index in [1.54, 1.807) is 0 Å². The monoisotopic (exact) mass is 201 g/mol. The molecule has 0 aliphatic rings. The molecule has 0 radical (unpaired) electrons. The van der Waals surface area contributed by atoms with Gasteiger partial charge in [-0.3, -0.25) is 4.79 Å². The fourth-order valence-electron chi connectivity index (χ4n) is 1.30. The van der Waals surface area contributed by atoms with Gasteiger partial charge in [-0.25, -0.2) is 0 Å². The molecule has 0 atom stereocenters. The molecule has 1 aromatic heterocycles. The maximum absolute atomic E-state index is 11.5. The third kappa shape index (κ3) is 1.88. The SMILES string of the molecule is Cc1ccc(-n2ncc(N)cc2=O)cc1. The average Bonchev–Trinajstić information content (AvgIpc) is 2.20. The van der Waals surface area contributed by atoms with E-state index in [4.69, 9.17) is 5.73 Å². The summed E-state index contributed by atoms with van der Waals surface area (Å²) in [5, 5.41) is 3.96. The largest absolute Gasteiger partial charge is 0.397 e. The summed E-state index contributed by atoms with van der Waals surface area (Å²) in [5.74, 6) is 0. The minimum atomic E-state index is -0.223. The summed E-state index contributed by atoms with van der Waals surface area (Å²) in [6, 6.07) is 8.91. The Hall–Kier alpha value is -2.10. The lowest BCUT2D eigenvalue weighted by atomic mass is 10.2. The smallest absolute Gasteiger partial charge is 0.273 e. The summed E-state index contributed by atoms with van der Waals surface area (Å²) in [6.45, 7) is 1.99. The van der Waals surface area contributed by atoms with E-state index in [-0.39, 0.29) is 5.56 Å². The highest BCUT2D eigenvalue weighted by Gasteiger charge is 2.00. The van der Waals surface area contributed by atoms with Gasteiger partial charge in [-0.05, 0) is 19.1 Å². The van der Waals surface area contributed by atoms with Crippen molar-refractivity contribution in [1.82, 2.24) is 9.78 Å². The van der Waals surface area contributed by atoms with Gasteiger partial charge in [0.15, 0.2) is 0 Å². The summed E-state index contributed by atoms with van der Waals surface area (Å²) in [6.07, 6.45) is 1.46. The highest BCUT2D eigenvalue weighted by molar-refractivity contribution is 5.37. The summed E-state index contributed by atoms with van der Waals surface area (Å²) >= 11 is 0. The normalized spacial score (nSPS) is 10.2. The molecule has 0 aliphatic heterocycles. The van der Waals surface area contributed by atoms with Crippen molar-refractivity contribution in [3.63, 3.8) is 0 Å². The van der Waals surface area contributed by atoms with Crippen LogP contribution in [0.4, 0.5) is 5.69 Å². The molecule has 4 nitrogen and oxygen atoms in total. The number of hydrogen-bond donors (Lipinski definition) is 1. The minimum Gasteiger partial charge on any atom is -0.397 e. The third-order valence-electron chi connectivity index (χ3n) is 2.10. The van der Waals surface area contributed by atoms with Gasteiger partial charge in [-0.15, -0.1) is 0 Å². The Labute approximate surface area is 87.0 Å². The van der Waals surface area contributed by atoms with Gasteiger partial charge in [0.2, 0.25) is 0 Å². The zero-order valence-electron chi connectivity index (χ0n) is 8.34. The molecule has 76 valence electrons. The molecule has 0 saturated carbocycles. The number of nitrogen functional groups attached to an aromatic ring is 1. The molecule has 1 heterocycles. The molecule has 2 N–H and O–H groups in total. The van der Waals surface area contributed by atoms with Crippen LogP contribution in [0.5, 0.6) is 0 Å². The third-order valence-corrected chi connectivity index (χ3v) is 2.10. The van der Waals surface area contributed by atoms with Gasteiger partial charge >= 0.3 is 0 Å². The number of nitrogens with zero attached hydrogens (tertiary/aromatic N) is 2. The van der Waals surface area contributed by atoms with E-state index in [0.717, 1.165) is 11.3 Å². The number of aryl methyl sites for hydroxylation is 1. The molecule has 0 spiro atoms. The van der Waals surface area contributed by atoms with Crippen LogP contribution in [-0.4, -0.2) is 9.78 Å². The number of nitrogens with two attached hydrogens (primary N) is 1. The first-order valence-electron chi connectivity index (χ1n) is 4.59. The highest BCUT2D eigenvalue weighted by Crippen LogP contribution is 2.05. The second kappa shape index (κ2) is 3.57. The van der Waals surface area contributed by atoms with E-state index in [1.807, 2.05) is 31.2 Å². The number of hydrogen-bond acceptors (Lipinski definition) is 3. The first-order valence-corrected chi connectivity index (χ1v) is 4.59. The van der Waals surface area contributed by atoms with Crippen LogP contribution in [0.3, 0.4) is 0 Å². The highest BCUT2D eigenvalue weighted by atomic mass is 16.1. The second-order valence-electron chi connectivity index (χ2n) is 3.37. The molecular formula is C11H11N3O. The maximum Gasteiger partial charge on any atom is 0.273 e. The van der Waals surface area contributed by atoms with Crippen molar-refractivity contribution in [2.45, 2.75) is 6.92 Å². The molecule has 0 aliphatic carbocycles. The Morgan fingerprint density at radius 2 is 1.93 bits per heavy atom. The number of anilines is 1. The molecule has 2 aromatic rings. The zero-order chi connectivity index (χ0) is 10.8. The van der Waals surface area contributed by atoms with Crippen LogP contribution in [0.15, 0.2) is 41.3 Å². The quantitative estimate of drug-likeness (QED) is 0.752. The van der Waals surface area contributed by atoms with Crippen molar-refractivity contribution in [3.05, 3.63) is 52.4 Å². The summed E-state index contributed by atoms with van der Waals surface area (Å²) in [7, 11) is 0. The molecule has 1 aromatic carbocycles. The average molecular weight is 201 g/mol. The van der Waals surface area contributed by atoms with Gasteiger partial charge in [0.25, 0.3) is 5.56 Å². The number of aromatic nitrogens is 2. The van der Waals surface area contributed by atoms with Crippen molar-refractivity contribution in [1.29, 1.82) is 0 Å². The standard InChI is InChI=1S/C11H11N3O/c1-8-2-4-10(5-3-8)14-11(15)6-9(12)7-13-14/h2-7H,12H2,1H3. The van der Waals surface area contributed by atoms with Crippen molar-refractivity contribution in [2.24, 2.45) is 0 Å². The van der Waals surface area contributed by atoms with Crippen LogP contribution < -0.4 is 11.3 Å². The fraction of sp³-hybridized carbons (Fsp3) is 0.0909. The predicted molar refractivity (Wildman–Crippen MR) is 59.0 cm³/mol. The van der Waals surface area contributed by atoms with Crippen LogP contribution in [-0.2, 0) is 0 Å². The van der Waals surface area contributed by atoms with E-state index in [1.165, 1.54) is 16.9 Å². The zero-order valence-corrected chi connectivity index (χ0v) is 8.34. The van der Waals surface area contributed by atoms with Crippen molar-refractivity contribution in [2.75, 3.05) is 5.73 Å². The topological polar surface area (TPSA) is 60.9 Å². The van der Waals surface area contributed by atoms with Crippen molar-refractivity contribution >= 4 is 5.69 Å². The van der Waals surface area contributed by atoms with Crippen molar-refractivity contribution < 1.29 is 0 Å². The summed E-state index contributed by atoms with van der Waals surface area (Å²) < 4.78 is 1.32. The Morgan fingerprint density at radius 1 is 1.27 bits per heavy atom. The molecular weight excluding hydrogens is 190 g/mol. The minimum absolute atomic E-state index is 0.223. The van der Waals surface area contributed by atoms with Gasteiger partial charge in [0, 0.05) is 6.07 Å². The molecule has 4 heteroatoms. The molecule has 0 unspecified atom stereocenters.